The first-order valence-corrected chi connectivity index (χ1v) is 6.60. The molecule has 0 aromatic rings. The van der Waals surface area contributed by atoms with Gasteiger partial charge in [0.15, 0.2) is 0 Å². The summed E-state index contributed by atoms with van der Waals surface area (Å²) in [4.78, 5) is 14.1. The first-order chi connectivity index (χ1) is 7.89. The molecule has 1 aliphatic rings. The molecule has 0 bridgehead atoms. The van der Waals surface area contributed by atoms with E-state index < -0.39 is 6.04 Å². The minimum absolute atomic E-state index is 0. The maximum atomic E-state index is 11.9. The number of rotatable bonds is 5. The lowest BCUT2D eigenvalue weighted by atomic mass is 9.95. The molecule has 1 saturated carbocycles. The summed E-state index contributed by atoms with van der Waals surface area (Å²) in [7, 11) is 4.19. The average molecular weight is 314 g/mol. The molecular weight excluding hydrogens is 285 g/mol. The van der Waals surface area contributed by atoms with Crippen LogP contribution in [0.2, 0.25) is 0 Å². The summed E-state index contributed by atoms with van der Waals surface area (Å²) < 4.78 is 0. The molecule has 1 fully saturated rings. The van der Waals surface area contributed by atoms with E-state index in [4.69, 9.17) is 5.73 Å². The molecule has 3 N–H and O–H groups in total. The smallest absolute Gasteiger partial charge is 0.237 e. The summed E-state index contributed by atoms with van der Waals surface area (Å²) >= 11 is 0. The minimum atomic E-state index is -0.393. The monoisotopic (exact) mass is 313 g/mol. The van der Waals surface area contributed by atoms with E-state index in [2.05, 4.69) is 24.3 Å². The minimum Gasteiger partial charge on any atom is -0.353 e. The number of nitrogens with two attached hydrogens (primary N) is 1. The van der Waals surface area contributed by atoms with Crippen LogP contribution in [0.3, 0.4) is 0 Å². The van der Waals surface area contributed by atoms with E-state index in [0.717, 1.165) is 19.4 Å². The third-order valence-electron chi connectivity index (χ3n) is 4.10. The molecule has 0 unspecified atom stereocenters. The molecule has 0 radical (unpaired) electrons. The van der Waals surface area contributed by atoms with Gasteiger partial charge in [0.1, 0.15) is 0 Å². The molecular formula is C13H29Cl2N3O. The Morgan fingerprint density at radius 1 is 1.26 bits per heavy atom. The summed E-state index contributed by atoms with van der Waals surface area (Å²) in [6.45, 7) is 4.67. The van der Waals surface area contributed by atoms with Crippen molar-refractivity contribution < 1.29 is 4.79 Å². The van der Waals surface area contributed by atoms with Gasteiger partial charge >= 0.3 is 0 Å². The summed E-state index contributed by atoms with van der Waals surface area (Å²) in [6, 6.07) is -0.393. The number of hydrogen-bond acceptors (Lipinski definition) is 3. The normalized spacial score (nSPS) is 18.7. The van der Waals surface area contributed by atoms with E-state index in [-0.39, 0.29) is 42.2 Å². The second-order valence-electron chi connectivity index (χ2n) is 5.81. The second-order valence-corrected chi connectivity index (χ2v) is 5.81. The van der Waals surface area contributed by atoms with E-state index in [1.807, 2.05) is 13.8 Å². The lowest BCUT2D eigenvalue weighted by Crippen LogP contribution is -2.54. The second kappa shape index (κ2) is 9.01. The number of amides is 1. The Bertz CT molecular complexity index is 267. The highest BCUT2D eigenvalue weighted by Gasteiger charge is 2.36. The zero-order valence-corrected chi connectivity index (χ0v) is 14.1. The van der Waals surface area contributed by atoms with Gasteiger partial charge in [-0.05, 0) is 32.9 Å². The van der Waals surface area contributed by atoms with Gasteiger partial charge in [-0.15, -0.1) is 24.8 Å². The average Bonchev–Trinajstić information content (AvgIpc) is 2.74. The van der Waals surface area contributed by atoms with Crippen LogP contribution in [0.5, 0.6) is 0 Å². The summed E-state index contributed by atoms with van der Waals surface area (Å²) in [6.07, 6.45) is 4.84. The zero-order chi connectivity index (χ0) is 13.1. The van der Waals surface area contributed by atoms with Crippen molar-refractivity contribution in [3.63, 3.8) is 0 Å². The third-order valence-corrected chi connectivity index (χ3v) is 4.10. The third kappa shape index (κ3) is 5.46. The van der Waals surface area contributed by atoms with Crippen molar-refractivity contribution >= 4 is 30.7 Å². The standard InChI is InChI=1S/C13H27N3O.2ClH/c1-10(2)11(14)12(17)15-9-13(16(3)4)7-5-6-8-13;;/h10-11H,5-9,14H2,1-4H3,(H,15,17);2*1H/t11-;;/m1../s1. The SMILES string of the molecule is CC(C)[C@@H](N)C(=O)NCC1(N(C)C)CCCC1.Cl.Cl. The van der Waals surface area contributed by atoms with E-state index >= 15 is 0 Å². The maximum Gasteiger partial charge on any atom is 0.237 e. The molecule has 0 heterocycles. The Morgan fingerprint density at radius 2 is 1.74 bits per heavy atom. The van der Waals surface area contributed by atoms with E-state index in [0.29, 0.717) is 0 Å². The van der Waals surface area contributed by atoms with Crippen LogP contribution in [0, 0.1) is 5.92 Å². The highest BCUT2D eigenvalue weighted by Crippen LogP contribution is 2.33. The zero-order valence-electron chi connectivity index (χ0n) is 12.4. The first kappa shape index (κ1) is 21.3. The van der Waals surface area contributed by atoms with Crippen LogP contribution in [0.25, 0.3) is 0 Å². The van der Waals surface area contributed by atoms with Crippen molar-refractivity contribution in [1.82, 2.24) is 10.2 Å². The molecule has 6 heteroatoms. The maximum absolute atomic E-state index is 11.9. The highest BCUT2D eigenvalue weighted by molar-refractivity contribution is 5.85. The number of nitrogens with zero attached hydrogens (tertiary/aromatic N) is 1. The lowest BCUT2D eigenvalue weighted by Gasteiger charge is -2.36. The predicted octanol–water partition coefficient (Wildman–Crippen LogP) is 1.80. The topological polar surface area (TPSA) is 58.4 Å². The summed E-state index contributed by atoms with van der Waals surface area (Å²) in [5.74, 6) is 0.169. The van der Waals surface area contributed by atoms with Crippen LogP contribution >= 0.6 is 24.8 Å². The van der Waals surface area contributed by atoms with Crippen molar-refractivity contribution in [3.05, 3.63) is 0 Å². The van der Waals surface area contributed by atoms with Crippen LogP contribution in [-0.2, 0) is 4.79 Å². The molecule has 0 aliphatic heterocycles. The van der Waals surface area contributed by atoms with Gasteiger partial charge in [0, 0.05) is 12.1 Å². The van der Waals surface area contributed by atoms with Crippen LogP contribution in [0.15, 0.2) is 0 Å². The largest absolute Gasteiger partial charge is 0.353 e. The van der Waals surface area contributed by atoms with Gasteiger partial charge in [0.05, 0.1) is 6.04 Å². The molecule has 0 aromatic carbocycles. The highest BCUT2D eigenvalue weighted by atomic mass is 35.5. The quantitative estimate of drug-likeness (QED) is 0.813. The van der Waals surface area contributed by atoms with Crippen LogP contribution < -0.4 is 11.1 Å². The van der Waals surface area contributed by atoms with Gasteiger partial charge in [0.2, 0.25) is 5.91 Å². The molecule has 1 amide bonds. The molecule has 0 spiro atoms. The Kier molecular flexibility index (Phi) is 10.1. The van der Waals surface area contributed by atoms with Gasteiger partial charge < -0.3 is 16.0 Å². The Hall–Kier alpha value is -0.0300. The Labute approximate surface area is 129 Å². The van der Waals surface area contributed by atoms with Crippen molar-refractivity contribution in [1.29, 1.82) is 0 Å². The first-order valence-electron chi connectivity index (χ1n) is 6.60. The van der Waals surface area contributed by atoms with Gasteiger partial charge in [-0.2, -0.15) is 0 Å². The Morgan fingerprint density at radius 3 is 2.11 bits per heavy atom. The van der Waals surface area contributed by atoms with E-state index in [9.17, 15) is 4.79 Å². The molecule has 1 aliphatic carbocycles. The van der Waals surface area contributed by atoms with Crippen LogP contribution in [0.4, 0.5) is 0 Å². The van der Waals surface area contributed by atoms with Gasteiger partial charge in [0.25, 0.3) is 0 Å². The van der Waals surface area contributed by atoms with Crippen molar-refractivity contribution in [2.75, 3.05) is 20.6 Å². The van der Waals surface area contributed by atoms with Crippen molar-refractivity contribution in [2.24, 2.45) is 11.7 Å². The van der Waals surface area contributed by atoms with Crippen LogP contribution in [0.1, 0.15) is 39.5 Å². The summed E-state index contributed by atoms with van der Waals surface area (Å²) in [5, 5.41) is 3.02. The van der Waals surface area contributed by atoms with E-state index in [1.165, 1.54) is 12.8 Å². The fraction of sp³-hybridized carbons (Fsp3) is 0.923. The van der Waals surface area contributed by atoms with Gasteiger partial charge in [-0.25, -0.2) is 0 Å². The Balaban J connectivity index is 0. The van der Waals surface area contributed by atoms with Crippen molar-refractivity contribution in [3.8, 4) is 0 Å². The lowest BCUT2D eigenvalue weighted by molar-refractivity contribution is -0.123. The molecule has 0 saturated heterocycles. The number of carbonyl (C=O) groups is 1. The predicted molar refractivity (Wildman–Crippen MR) is 85.2 cm³/mol. The molecule has 19 heavy (non-hydrogen) atoms. The molecule has 116 valence electrons. The number of likely N-dealkylation sites (N-methyl/N-ethyl adjacent to an activating group) is 1. The molecule has 4 nitrogen and oxygen atoms in total. The number of halogens is 2. The fourth-order valence-corrected chi connectivity index (χ4v) is 2.49. The molecule has 1 rings (SSSR count). The summed E-state index contributed by atoms with van der Waals surface area (Å²) in [5.41, 5.74) is 5.98. The molecule has 0 aromatic heterocycles. The number of nitrogens with one attached hydrogen (secondary N) is 1. The number of carbonyl (C=O) groups excluding carboxylic acids is 1. The van der Waals surface area contributed by atoms with Crippen LogP contribution in [-0.4, -0.2) is 43.0 Å². The van der Waals surface area contributed by atoms with E-state index in [1.54, 1.807) is 0 Å². The van der Waals surface area contributed by atoms with Crippen molar-refractivity contribution in [2.45, 2.75) is 51.1 Å². The molecule has 1 atom stereocenters. The fourth-order valence-electron chi connectivity index (χ4n) is 2.49. The number of hydrogen-bond donors (Lipinski definition) is 2. The van der Waals surface area contributed by atoms with Gasteiger partial charge in [-0.3, -0.25) is 4.79 Å². The van der Waals surface area contributed by atoms with Gasteiger partial charge in [-0.1, -0.05) is 26.7 Å².